The normalized spacial score (nSPS) is 12.7. The van der Waals surface area contributed by atoms with Crippen molar-refractivity contribution in [3.8, 4) is 44.5 Å². The van der Waals surface area contributed by atoms with Gasteiger partial charge in [-0.15, -0.1) is 0 Å². The Morgan fingerprint density at radius 3 is 1.09 bits per heavy atom. The van der Waals surface area contributed by atoms with Crippen LogP contribution in [0.1, 0.15) is 11.1 Å². The molecule has 0 spiro atoms. The first kappa shape index (κ1) is 16.8. The number of rotatable bonds is 0. The third-order valence-electron chi connectivity index (χ3n) is 7.61. The highest BCUT2D eigenvalue weighted by Crippen LogP contribution is 2.62. The van der Waals surface area contributed by atoms with E-state index in [9.17, 15) is 0 Å². The molecule has 6 aromatic rings. The molecule has 148 valence electrons. The Morgan fingerprint density at radius 1 is 0.375 bits per heavy atom. The van der Waals surface area contributed by atoms with Gasteiger partial charge in [-0.25, -0.2) is 0 Å². The summed E-state index contributed by atoms with van der Waals surface area (Å²) in [6, 6.07) is 32.0. The largest absolute Gasteiger partial charge is 0.0616 e. The van der Waals surface area contributed by atoms with Crippen molar-refractivity contribution in [3.05, 3.63) is 96.1 Å². The Morgan fingerprint density at radius 2 is 0.719 bits per heavy atom. The molecule has 0 aliphatic heterocycles. The van der Waals surface area contributed by atoms with E-state index < -0.39 is 0 Å². The number of hydrogen-bond acceptors (Lipinski definition) is 0. The first-order chi connectivity index (χ1) is 15.7. The van der Waals surface area contributed by atoms with Crippen LogP contribution >= 0.6 is 0 Å². The molecule has 0 N–H and O–H groups in total. The van der Waals surface area contributed by atoms with Gasteiger partial charge in [-0.3, -0.25) is 0 Å². The molecule has 0 aromatic heterocycles. The average molecular weight is 405 g/mol. The Labute approximate surface area is 186 Å². The SMILES string of the molecule is Cc1ccc2c3c4c(c5cc(C)ccc5c5c4c(c2c1)-c1ccccc1-5)-c1ccccc1-3. The predicted octanol–water partition coefficient (Wildman–Crippen LogP) is 9.06. The predicted molar refractivity (Wildman–Crippen MR) is 137 cm³/mol. The van der Waals surface area contributed by atoms with Gasteiger partial charge in [0.15, 0.2) is 0 Å². The molecule has 2 aliphatic rings. The van der Waals surface area contributed by atoms with E-state index in [2.05, 4.69) is 98.8 Å². The molecule has 0 bridgehead atoms. The summed E-state index contributed by atoms with van der Waals surface area (Å²) in [6.07, 6.45) is 0. The fourth-order valence-corrected chi connectivity index (χ4v) is 6.41. The van der Waals surface area contributed by atoms with E-state index >= 15 is 0 Å². The van der Waals surface area contributed by atoms with Crippen molar-refractivity contribution in [1.29, 1.82) is 0 Å². The summed E-state index contributed by atoms with van der Waals surface area (Å²) in [4.78, 5) is 0. The molecule has 0 nitrogen and oxygen atoms in total. The highest BCUT2D eigenvalue weighted by Gasteiger charge is 2.34. The second kappa shape index (κ2) is 5.47. The van der Waals surface area contributed by atoms with E-state index in [0.717, 1.165) is 0 Å². The molecule has 0 saturated heterocycles. The minimum absolute atomic E-state index is 1.31. The van der Waals surface area contributed by atoms with Gasteiger partial charge in [-0.1, -0.05) is 96.1 Å². The molecule has 0 atom stereocenters. The summed E-state index contributed by atoms with van der Waals surface area (Å²) in [5.74, 6) is 0. The highest BCUT2D eigenvalue weighted by molar-refractivity contribution is 6.40. The molecule has 6 aromatic carbocycles. The molecular formula is C32H20. The van der Waals surface area contributed by atoms with E-state index in [1.54, 1.807) is 0 Å². The first-order valence-corrected chi connectivity index (χ1v) is 11.4. The van der Waals surface area contributed by atoms with Gasteiger partial charge >= 0.3 is 0 Å². The molecule has 0 heterocycles. The van der Waals surface area contributed by atoms with E-state index in [-0.39, 0.29) is 0 Å². The fourth-order valence-electron chi connectivity index (χ4n) is 6.41. The van der Waals surface area contributed by atoms with Gasteiger partial charge in [0.05, 0.1) is 0 Å². The topological polar surface area (TPSA) is 0 Å². The molecule has 0 heteroatoms. The van der Waals surface area contributed by atoms with E-state index in [1.807, 2.05) is 0 Å². The number of aryl methyl sites for hydroxylation is 2. The van der Waals surface area contributed by atoms with Crippen LogP contribution in [0.15, 0.2) is 84.9 Å². The Balaban J connectivity index is 1.80. The quantitative estimate of drug-likeness (QED) is 0.221. The molecular weight excluding hydrogens is 384 g/mol. The van der Waals surface area contributed by atoms with E-state index in [4.69, 9.17) is 0 Å². The number of hydrogen-bond donors (Lipinski definition) is 0. The summed E-state index contributed by atoms with van der Waals surface area (Å²) < 4.78 is 0. The monoisotopic (exact) mass is 404 g/mol. The van der Waals surface area contributed by atoms with Gasteiger partial charge in [0, 0.05) is 0 Å². The van der Waals surface area contributed by atoms with Gasteiger partial charge in [0.2, 0.25) is 0 Å². The molecule has 32 heavy (non-hydrogen) atoms. The smallest absolute Gasteiger partial charge is 0.0000935 e. The molecule has 0 amide bonds. The van der Waals surface area contributed by atoms with Crippen molar-refractivity contribution in [3.63, 3.8) is 0 Å². The highest BCUT2D eigenvalue weighted by atomic mass is 14.4. The lowest BCUT2D eigenvalue weighted by Crippen LogP contribution is -1.88. The van der Waals surface area contributed by atoms with Crippen LogP contribution in [-0.4, -0.2) is 0 Å². The lowest BCUT2D eigenvalue weighted by molar-refractivity contribution is 1.51. The van der Waals surface area contributed by atoms with Gasteiger partial charge < -0.3 is 0 Å². The van der Waals surface area contributed by atoms with Crippen LogP contribution in [0, 0.1) is 13.8 Å². The summed E-state index contributed by atoms with van der Waals surface area (Å²) >= 11 is 0. The second-order valence-electron chi connectivity index (χ2n) is 9.44. The third-order valence-corrected chi connectivity index (χ3v) is 7.61. The molecule has 8 rings (SSSR count). The Bertz CT molecular complexity index is 1700. The second-order valence-corrected chi connectivity index (χ2v) is 9.44. The molecule has 0 radical (unpaired) electrons. The van der Waals surface area contributed by atoms with Crippen molar-refractivity contribution >= 4 is 32.3 Å². The maximum Gasteiger partial charge on any atom is -0.0000935 e. The summed E-state index contributed by atoms with van der Waals surface area (Å²) in [5, 5.41) is 8.40. The zero-order chi connectivity index (χ0) is 21.1. The summed E-state index contributed by atoms with van der Waals surface area (Å²) in [5.41, 5.74) is 13.8. The Hall–Kier alpha value is -3.90. The van der Waals surface area contributed by atoms with Crippen molar-refractivity contribution in [2.75, 3.05) is 0 Å². The summed E-state index contributed by atoms with van der Waals surface area (Å²) in [6.45, 7) is 4.42. The van der Waals surface area contributed by atoms with Gasteiger partial charge in [-0.05, 0) is 90.7 Å². The molecule has 0 saturated carbocycles. The van der Waals surface area contributed by atoms with Crippen molar-refractivity contribution in [2.45, 2.75) is 13.8 Å². The van der Waals surface area contributed by atoms with Gasteiger partial charge in [0.1, 0.15) is 0 Å². The van der Waals surface area contributed by atoms with Crippen LogP contribution < -0.4 is 0 Å². The zero-order valence-electron chi connectivity index (χ0n) is 18.1. The molecule has 0 fully saturated rings. The minimum atomic E-state index is 1.31. The van der Waals surface area contributed by atoms with Gasteiger partial charge in [0.25, 0.3) is 0 Å². The van der Waals surface area contributed by atoms with E-state index in [0.29, 0.717) is 0 Å². The van der Waals surface area contributed by atoms with E-state index in [1.165, 1.54) is 88.0 Å². The number of benzene rings is 6. The lowest BCUT2D eigenvalue weighted by atomic mass is 9.87. The summed E-state index contributed by atoms with van der Waals surface area (Å²) in [7, 11) is 0. The Kier molecular flexibility index (Phi) is 2.86. The maximum atomic E-state index is 2.40. The third kappa shape index (κ3) is 1.78. The van der Waals surface area contributed by atoms with Crippen molar-refractivity contribution in [2.24, 2.45) is 0 Å². The first-order valence-electron chi connectivity index (χ1n) is 11.4. The van der Waals surface area contributed by atoms with Crippen molar-refractivity contribution < 1.29 is 0 Å². The zero-order valence-corrected chi connectivity index (χ0v) is 18.1. The van der Waals surface area contributed by atoms with Gasteiger partial charge in [-0.2, -0.15) is 0 Å². The van der Waals surface area contributed by atoms with Crippen LogP contribution in [0.4, 0.5) is 0 Å². The standard InChI is InChI=1S/C32H20/c1-17-11-13-23-25(15-17)29-21-9-5-3-7-19(21)28-24-14-12-18(2)16-26(24)30-22-10-6-4-8-20(22)27(23)32(30)31(28)29/h3-16H,1-2H3. The minimum Gasteiger partial charge on any atom is -0.0616 e. The fraction of sp³-hybridized carbons (Fsp3) is 0.0625. The average Bonchev–Trinajstić information content (AvgIpc) is 3.33. The van der Waals surface area contributed by atoms with Crippen LogP contribution in [0.5, 0.6) is 0 Å². The number of fused-ring (bicyclic) bond motifs is 12. The van der Waals surface area contributed by atoms with Crippen LogP contribution in [0.3, 0.4) is 0 Å². The maximum absolute atomic E-state index is 2.40. The van der Waals surface area contributed by atoms with Crippen molar-refractivity contribution in [1.82, 2.24) is 0 Å². The molecule has 2 aliphatic carbocycles. The molecule has 0 unspecified atom stereocenters. The lowest BCUT2D eigenvalue weighted by Gasteiger charge is -2.15. The van der Waals surface area contributed by atoms with Crippen LogP contribution in [0.25, 0.3) is 76.8 Å². The van der Waals surface area contributed by atoms with Crippen LogP contribution in [-0.2, 0) is 0 Å². The van der Waals surface area contributed by atoms with Crippen LogP contribution in [0.2, 0.25) is 0 Å².